The average molecular weight is 534 g/mol. The molecule has 220 valence electrons. The van der Waals surface area contributed by atoms with Crippen molar-refractivity contribution in [2.45, 2.75) is 139 Å². The Morgan fingerprint density at radius 2 is 1.00 bits per heavy atom. The summed E-state index contributed by atoms with van der Waals surface area (Å²) in [5.41, 5.74) is 0. The highest BCUT2D eigenvalue weighted by Gasteiger charge is 2.36. The van der Waals surface area contributed by atoms with Gasteiger partial charge in [-0.05, 0) is 67.3 Å². The van der Waals surface area contributed by atoms with Crippen molar-refractivity contribution in [1.29, 1.82) is 0 Å². The molecule has 0 aromatic rings. The molecule has 2 saturated heterocycles. The molecule has 6 nitrogen and oxygen atoms in total. The Morgan fingerprint density at radius 1 is 0.579 bits per heavy atom. The molecular formula is C32H59N3O3. The summed E-state index contributed by atoms with van der Waals surface area (Å²) in [5.74, 6) is 1.68. The molecule has 38 heavy (non-hydrogen) atoms. The molecule has 0 amide bonds. The number of carbonyl (C=O) groups is 3. The fourth-order valence-electron chi connectivity index (χ4n) is 5.48. The molecule has 0 aliphatic carbocycles. The summed E-state index contributed by atoms with van der Waals surface area (Å²) in [6.07, 6.45) is 7.43. The highest BCUT2D eigenvalue weighted by molar-refractivity contribution is 5.88. The Hall–Kier alpha value is -1.37. The molecule has 0 spiro atoms. The van der Waals surface area contributed by atoms with Gasteiger partial charge in [-0.25, -0.2) is 0 Å². The molecule has 2 fully saturated rings. The number of Topliss-reactive ketones (excluding diaryl/α,β-unsaturated/α-hetero) is 3. The Morgan fingerprint density at radius 3 is 1.37 bits per heavy atom. The first-order chi connectivity index (χ1) is 17.6. The standard InChI is InChI=1S/C11H21NO.C11H19NO.C10H19NO/c2*1-8(2)11(13)10-6-5-7-12(10)9(3)4;1-7(2)10(12)9-5-6-11(9)8(3)4/h8-10H,5-7H2,1-4H3;5-6,8-10H,7H2,1-4H3;7-9H,5-6H2,1-4H3. The molecule has 3 heterocycles. The maximum absolute atomic E-state index is 11.8. The fourth-order valence-corrected chi connectivity index (χ4v) is 5.48. The van der Waals surface area contributed by atoms with Crippen LogP contribution in [0.3, 0.4) is 0 Å². The molecule has 3 aliphatic heterocycles. The maximum Gasteiger partial charge on any atom is 0.156 e. The predicted molar refractivity (Wildman–Crippen MR) is 159 cm³/mol. The number of rotatable bonds is 9. The SMILES string of the molecule is CC(C)C(=O)C1C=CCN1C(C)C.CC(C)C(=O)C1CCCN1C(C)C.CC(C)C(=O)C1CCN1C(C)C. The van der Waals surface area contributed by atoms with Crippen LogP contribution >= 0.6 is 0 Å². The summed E-state index contributed by atoms with van der Waals surface area (Å²) in [4.78, 5) is 42.0. The van der Waals surface area contributed by atoms with Crippen molar-refractivity contribution >= 4 is 17.3 Å². The van der Waals surface area contributed by atoms with Crippen molar-refractivity contribution in [3.05, 3.63) is 12.2 Å². The highest BCUT2D eigenvalue weighted by Crippen LogP contribution is 2.24. The molecule has 6 heteroatoms. The van der Waals surface area contributed by atoms with E-state index in [4.69, 9.17) is 0 Å². The van der Waals surface area contributed by atoms with Gasteiger partial charge in [0.1, 0.15) is 0 Å². The lowest BCUT2D eigenvalue weighted by Crippen LogP contribution is -2.56. The van der Waals surface area contributed by atoms with E-state index < -0.39 is 0 Å². The van der Waals surface area contributed by atoms with Gasteiger partial charge in [-0.1, -0.05) is 53.7 Å². The number of hydrogen-bond acceptors (Lipinski definition) is 6. The summed E-state index contributed by atoms with van der Waals surface area (Å²) in [6.45, 7) is 27.9. The highest BCUT2D eigenvalue weighted by atomic mass is 16.1. The van der Waals surface area contributed by atoms with E-state index >= 15 is 0 Å². The average Bonchev–Trinajstić information content (AvgIpc) is 3.47. The molecule has 0 aromatic carbocycles. The Bertz CT molecular complexity index is 779. The Balaban J connectivity index is 0.000000285. The van der Waals surface area contributed by atoms with Gasteiger partial charge in [-0.3, -0.25) is 29.1 Å². The van der Waals surface area contributed by atoms with Gasteiger partial charge in [0.05, 0.1) is 18.1 Å². The second kappa shape index (κ2) is 16.0. The van der Waals surface area contributed by atoms with Gasteiger partial charge in [-0.15, -0.1) is 0 Å². The summed E-state index contributed by atoms with van der Waals surface area (Å²) in [5, 5.41) is 0. The first-order valence-corrected chi connectivity index (χ1v) is 15.2. The third-order valence-electron chi connectivity index (χ3n) is 7.99. The summed E-state index contributed by atoms with van der Waals surface area (Å²) >= 11 is 0. The summed E-state index contributed by atoms with van der Waals surface area (Å²) in [6, 6.07) is 1.94. The minimum Gasteiger partial charge on any atom is -0.298 e. The molecule has 0 radical (unpaired) electrons. The normalized spacial score (nSPS) is 24.2. The van der Waals surface area contributed by atoms with Crippen LogP contribution in [-0.2, 0) is 14.4 Å². The number of hydrogen-bond donors (Lipinski definition) is 0. The fraction of sp³-hybridized carbons (Fsp3) is 0.844. The van der Waals surface area contributed by atoms with Gasteiger partial charge in [-0.2, -0.15) is 0 Å². The molecule has 3 unspecified atom stereocenters. The number of nitrogens with zero attached hydrogens (tertiary/aromatic N) is 3. The van der Waals surface area contributed by atoms with E-state index in [1.807, 2.05) is 47.6 Å². The Labute approximate surface area is 234 Å². The van der Waals surface area contributed by atoms with Gasteiger partial charge < -0.3 is 0 Å². The lowest BCUT2D eigenvalue weighted by atomic mass is 9.91. The lowest BCUT2D eigenvalue weighted by Gasteiger charge is -2.43. The maximum atomic E-state index is 11.8. The van der Waals surface area contributed by atoms with E-state index in [0.717, 1.165) is 32.5 Å². The third kappa shape index (κ3) is 9.67. The van der Waals surface area contributed by atoms with Crippen LogP contribution < -0.4 is 0 Å². The van der Waals surface area contributed by atoms with Crippen LogP contribution in [0.5, 0.6) is 0 Å². The summed E-state index contributed by atoms with van der Waals surface area (Å²) < 4.78 is 0. The van der Waals surface area contributed by atoms with Crippen molar-refractivity contribution in [2.75, 3.05) is 19.6 Å². The van der Waals surface area contributed by atoms with Gasteiger partial charge in [0, 0.05) is 49.0 Å². The zero-order chi connectivity index (χ0) is 29.3. The smallest absolute Gasteiger partial charge is 0.156 e. The van der Waals surface area contributed by atoms with E-state index in [0.29, 0.717) is 35.5 Å². The van der Waals surface area contributed by atoms with Crippen LogP contribution in [0.2, 0.25) is 0 Å². The van der Waals surface area contributed by atoms with Crippen LogP contribution in [0, 0.1) is 17.8 Å². The molecule has 0 aromatic heterocycles. The van der Waals surface area contributed by atoms with E-state index in [2.05, 4.69) is 62.3 Å². The van der Waals surface area contributed by atoms with Gasteiger partial charge >= 0.3 is 0 Å². The largest absolute Gasteiger partial charge is 0.298 e. The first kappa shape index (κ1) is 34.7. The van der Waals surface area contributed by atoms with Crippen LogP contribution in [0.4, 0.5) is 0 Å². The third-order valence-corrected chi connectivity index (χ3v) is 7.99. The zero-order valence-electron chi connectivity index (χ0n) is 26.7. The second-order valence-corrected chi connectivity index (χ2v) is 13.0. The lowest BCUT2D eigenvalue weighted by molar-refractivity contribution is -0.133. The minimum atomic E-state index is 0.0278. The van der Waals surface area contributed by atoms with Crippen LogP contribution in [0.15, 0.2) is 12.2 Å². The van der Waals surface area contributed by atoms with Crippen molar-refractivity contribution < 1.29 is 14.4 Å². The topological polar surface area (TPSA) is 60.9 Å². The van der Waals surface area contributed by atoms with E-state index in [-0.39, 0.29) is 35.9 Å². The zero-order valence-corrected chi connectivity index (χ0v) is 26.7. The van der Waals surface area contributed by atoms with Crippen molar-refractivity contribution in [3.63, 3.8) is 0 Å². The molecule has 3 aliphatic rings. The second-order valence-electron chi connectivity index (χ2n) is 13.0. The summed E-state index contributed by atoms with van der Waals surface area (Å²) in [7, 11) is 0. The number of carbonyl (C=O) groups excluding carboxylic acids is 3. The quantitative estimate of drug-likeness (QED) is 0.358. The molecular weight excluding hydrogens is 474 g/mol. The molecule has 3 rings (SSSR count). The predicted octanol–water partition coefficient (Wildman–Crippen LogP) is 5.64. The van der Waals surface area contributed by atoms with E-state index in [9.17, 15) is 14.4 Å². The van der Waals surface area contributed by atoms with E-state index in [1.54, 1.807) is 0 Å². The first-order valence-electron chi connectivity index (χ1n) is 15.2. The molecule has 0 N–H and O–H groups in total. The van der Waals surface area contributed by atoms with Crippen molar-refractivity contribution in [3.8, 4) is 0 Å². The van der Waals surface area contributed by atoms with Crippen molar-refractivity contribution in [2.24, 2.45) is 17.8 Å². The van der Waals surface area contributed by atoms with Crippen LogP contribution in [0.25, 0.3) is 0 Å². The Kier molecular flexibility index (Phi) is 14.6. The van der Waals surface area contributed by atoms with Gasteiger partial charge in [0.15, 0.2) is 17.3 Å². The molecule has 0 saturated carbocycles. The van der Waals surface area contributed by atoms with Crippen LogP contribution in [0.1, 0.15) is 102 Å². The van der Waals surface area contributed by atoms with Gasteiger partial charge in [0.25, 0.3) is 0 Å². The number of likely N-dealkylation sites (tertiary alicyclic amines) is 2. The molecule has 3 atom stereocenters. The van der Waals surface area contributed by atoms with Gasteiger partial charge in [0.2, 0.25) is 0 Å². The van der Waals surface area contributed by atoms with Crippen molar-refractivity contribution in [1.82, 2.24) is 14.7 Å². The monoisotopic (exact) mass is 533 g/mol. The van der Waals surface area contributed by atoms with E-state index in [1.165, 1.54) is 6.42 Å². The molecule has 0 bridgehead atoms. The van der Waals surface area contributed by atoms with Crippen LogP contribution in [-0.4, -0.2) is 87.9 Å². The minimum absolute atomic E-state index is 0.0278. The number of ketones is 3.